The molecule has 24 heavy (non-hydrogen) atoms. The molecule has 0 saturated heterocycles. The fourth-order valence-corrected chi connectivity index (χ4v) is 1.81. The highest BCUT2D eigenvalue weighted by atomic mass is 16.6. The molecule has 1 atom stereocenters. The lowest BCUT2D eigenvalue weighted by molar-refractivity contribution is 0.0262. The molecule has 1 unspecified atom stereocenters. The van der Waals surface area contributed by atoms with Gasteiger partial charge in [0, 0.05) is 40.8 Å². The van der Waals surface area contributed by atoms with E-state index in [0.29, 0.717) is 25.6 Å². The summed E-state index contributed by atoms with van der Waals surface area (Å²) >= 11 is 0. The van der Waals surface area contributed by atoms with Crippen LogP contribution in [0.1, 0.15) is 41.5 Å². The summed E-state index contributed by atoms with van der Waals surface area (Å²) in [5.74, 6) is 0.961. The monoisotopic (exact) mass is 344 g/mol. The Labute approximate surface area is 147 Å². The smallest absolute Gasteiger partial charge is 0.410 e. The van der Waals surface area contributed by atoms with E-state index in [0.717, 1.165) is 0 Å². The fraction of sp³-hybridized carbons (Fsp3) is 0.882. The molecule has 0 aromatic heterocycles. The van der Waals surface area contributed by atoms with Gasteiger partial charge >= 0.3 is 6.09 Å². The van der Waals surface area contributed by atoms with E-state index < -0.39 is 5.60 Å². The lowest BCUT2D eigenvalue weighted by Gasteiger charge is -2.27. The third-order valence-corrected chi connectivity index (χ3v) is 3.37. The number of nitrogens with one attached hydrogen (secondary N) is 2. The molecule has 0 aliphatic rings. The number of aliphatic imine (C=N–C) groups is 1. The molecule has 0 radical (unpaired) electrons. The Morgan fingerprint density at radius 3 is 2.25 bits per heavy atom. The minimum Gasteiger partial charge on any atom is -0.444 e. The first-order chi connectivity index (χ1) is 10.9. The summed E-state index contributed by atoms with van der Waals surface area (Å²) < 4.78 is 10.7. The molecule has 0 aromatic carbocycles. The van der Waals surface area contributed by atoms with E-state index in [1.54, 1.807) is 26.1 Å². The van der Waals surface area contributed by atoms with Crippen LogP contribution in [0.3, 0.4) is 0 Å². The molecule has 7 heteroatoms. The molecule has 0 fully saturated rings. The largest absolute Gasteiger partial charge is 0.444 e. The van der Waals surface area contributed by atoms with Gasteiger partial charge in [0.15, 0.2) is 5.96 Å². The van der Waals surface area contributed by atoms with Gasteiger partial charge in [0.25, 0.3) is 0 Å². The van der Waals surface area contributed by atoms with E-state index in [2.05, 4.69) is 22.5 Å². The minimum absolute atomic E-state index is 0.247. The molecule has 142 valence electrons. The number of ether oxygens (including phenoxy) is 2. The van der Waals surface area contributed by atoms with Crippen LogP contribution in [0.25, 0.3) is 0 Å². The summed E-state index contributed by atoms with van der Waals surface area (Å²) in [6.45, 7) is 13.6. The third-order valence-electron chi connectivity index (χ3n) is 3.37. The van der Waals surface area contributed by atoms with Gasteiger partial charge in [-0.15, -0.1) is 0 Å². The van der Waals surface area contributed by atoms with Gasteiger partial charge in [0.2, 0.25) is 0 Å². The van der Waals surface area contributed by atoms with Gasteiger partial charge in [-0.05, 0) is 40.5 Å². The molecule has 0 aliphatic heterocycles. The quantitative estimate of drug-likeness (QED) is 0.546. The van der Waals surface area contributed by atoms with E-state index in [-0.39, 0.29) is 17.6 Å². The number of rotatable bonds is 7. The zero-order valence-corrected chi connectivity index (χ0v) is 16.8. The summed E-state index contributed by atoms with van der Waals surface area (Å²) in [6, 6.07) is 0. The average molecular weight is 345 g/mol. The van der Waals surface area contributed by atoms with Crippen LogP contribution in [0.15, 0.2) is 4.99 Å². The van der Waals surface area contributed by atoms with Crippen molar-refractivity contribution in [1.29, 1.82) is 0 Å². The third kappa shape index (κ3) is 10.3. The van der Waals surface area contributed by atoms with Gasteiger partial charge in [-0.1, -0.05) is 6.92 Å². The first-order valence-electron chi connectivity index (χ1n) is 8.34. The molecule has 0 aliphatic carbocycles. The van der Waals surface area contributed by atoms with Crippen molar-refractivity contribution in [2.45, 2.75) is 52.7 Å². The molecule has 7 nitrogen and oxygen atoms in total. The van der Waals surface area contributed by atoms with E-state index in [1.807, 2.05) is 34.6 Å². The topological polar surface area (TPSA) is 75.2 Å². The van der Waals surface area contributed by atoms with Crippen molar-refractivity contribution in [1.82, 2.24) is 15.5 Å². The van der Waals surface area contributed by atoms with E-state index in [1.165, 1.54) is 0 Å². The van der Waals surface area contributed by atoms with Gasteiger partial charge < -0.3 is 25.0 Å². The molecular weight excluding hydrogens is 308 g/mol. The van der Waals surface area contributed by atoms with Crippen molar-refractivity contribution in [2.75, 3.05) is 40.8 Å². The molecule has 0 heterocycles. The zero-order valence-electron chi connectivity index (χ0n) is 16.8. The highest BCUT2D eigenvalue weighted by Crippen LogP contribution is 2.10. The number of hydrogen-bond donors (Lipinski definition) is 2. The Kier molecular flexibility index (Phi) is 9.11. The fourth-order valence-electron chi connectivity index (χ4n) is 1.81. The average Bonchev–Trinajstić information content (AvgIpc) is 2.45. The summed E-state index contributed by atoms with van der Waals surface area (Å²) in [5.41, 5.74) is -0.743. The Bertz CT molecular complexity index is 417. The molecule has 0 saturated carbocycles. The maximum absolute atomic E-state index is 12.0. The van der Waals surface area contributed by atoms with E-state index >= 15 is 0 Å². The SMILES string of the molecule is CN=C(NCC(C)CN(C)C(=O)OC(C)(C)C)NCC(C)(C)OC. The predicted molar refractivity (Wildman–Crippen MR) is 98.5 cm³/mol. The maximum Gasteiger partial charge on any atom is 0.410 e. The van der Waals surface area contributed by atoms with Crippen LogP contribution in [0.2, 0.25) is 0 Å². The molecule has 2 N–H and O–H groups in total. The van der Waals surface area contributed by atoms with Crippen molar-refractivity contribution in [3.8, 4) is 0 Å². The first-order valence-corrected chi connectivity index (χ1v) is 8.34. The summed E-state index contributed by atoms with van der Waals surface area (Å²) in [4.78, 5) is 17.8. The minimum atomic E-state index is -0.479. The van der Waals surface area contributed by atoms with Crippen LogP contribution in [0.5, 0.6) is 0 Å². The first kappa shape index (κ1) is 22.5. The summed E-state index contributed by atoms with van der Waals surface area (Å²) in [5, 5.41) is 6.49. The Morgan fingerprint density at radius 1 is 1.21 bits per heavy atom. The van der Waals surface area contributed by atoms with Gasteiger partial charge in [0.05, 0.1) is 5.60 Å². The Morgan fingerprint density at radius 2 is 1.79 bits per heavy atom. The summed E-state index contributed by atoms with van der Waals surface area (Å²) in [6.07, 6.45) is -0.307. The molecule has 0 bridgehead atoms. The lowest BCUT2D eigenvalue weighted by atomic mass is 10.1. The van der Waals surface area contributed by atoms with Crippen LogP contribution >= 0.6 is 0 Å². The molecular formula is C17H36N4O3. The van der Waals surface area contributed by atoms with Crippen molar-refractivity contribution in [3.05, 3.63) is 0 Å². The van der Waals surface area contributed by atoms with Crippen LogP contribution < -0.4 is 10.6 Å². The molecule has 0 spiro atoms. The van der Waals surface area contributed by atoms with Crippen molar-refractivity contribution < 1.29 is 14.3 Å². The highest BCUT2D eigenvalue weighted by molar-refractivity contribution is 5.79. The lowest BCUT2D eigenvalue weighted by Crippen LogP contribution is -2.47. The number of carbonyl (C=O) groups excluding carboxylic acids is 1. The number of nitrogens with zero attached hydrogens (tertiary/aromatic N) is 2. The van der Waals surface area contributed by atoms with E-state index in [9.17, 15) is 4.79 Å². The number of hydrogen-bond acceptors (Lipinski definition) is 4. The summed E-state index contributed by atoms with van der Waals surface area (Å²) in [7, 11) is 5.16. The van der Waals surface area contributed by atoms with E-state index in [4.69, 9.17) is 9.47 Å². The van der Waals surface area contributed by atoms with Crippen molar-refractivity contribution >= 4 is 12.1 Å². The predicted octanol–water partition coefficient (Wildman–Crippen LogP) is 2.08. The Balaban J connectivity index is 4.27. The van der Waals surface area contributed by atoms with Crippen LogP contribution in [0, 0.1) is 5.92 Å². The van der Waals surface area contributed by atoms with Gasteiger partial charge in [-0.2, -0.15) is 0 Å². The number of methoxy groups -OCH3 is 1. The normalized spacial score (nSPS) is 14.1. The van der Waals surface area contributed by atoms with Crippen molar-refractivity contribution in [3.63, 3.8) is 0 Å². The Hall–Kier alpha value is -1.50. The molecule has 1 amide bonds. The number of guanidine groups is 1. The molecule has 0 aromatic rings. The van der Waals surface area contributed by atoms with Crippen molar-refractivity contribution in [2.24, 2.45) is 10.9 Å². The van der Waals surface area contributed by atoms with Crippen LogP contribution in [-0.4, -0.2) is 69.0 Å². The highest BCUT2D eigenvalue weighted by Gasteiger charge is 2.21. The van der Waals surface area contributed by atoms with Crippen LogP contribution in [-0.2, 0) is 9.47 Å². The zero-order chi connectivity index (χ0) is 19.0. The van der Waals surface area contributed by atoms with Gasteiger partial charge in [-0.3, -0.25) is 4.99 Å². The second kappa shape index (κ2) is 9.71. The maximum atomic E-state index is 12.0. The van der Waals surface area contributed by atoms with Gasteiger partial charge in [0.1, 0.15) is 5.60 Å². The second-order valence-corrected chi connectivity index (χ2v) is 7.74. The van der Waals surface area contributed by atoms with Gasteiger partial charge in [-0.25, -0.2) is 4.79 Å². The van der Waals surface area contributed by atoms with Crippen LogP contribution in [0.4, 0.5) is 4.79 Å². The second-order valence-electron chi connectivity index (χ2n) is 7.74. The standard InChI is InChI=1S/C17H36N4O3/c1-13(11-21(8)15(22)24-16(2,3)4)10-19-14(18-7)20-12-17(5,6)23-9/h13H,10-12H2,1-9H3,(H2,18,19,20). The number of carbonyl (C=O) groups is 1. The molecule has 0 rings (SSSR count). The number of amides is 1.